The van der Waals surface area contributed by atoms with Gasteiger partial charge in [-0.15, -0.1) is 0 Å². The Morgan fingerprint density at radius 1 is 0.923 bits per heavy atom. The lowest BCUT2D eigenvalue weighted by atomic mass is 10.1. The Labute approximate surface area is 156 Å². The van der Waals surface area contributed by atoms with E-state index in [9.17, 15) is 4.79 Å². The first-order valence-electron chi connectivity index (χ1n) is 9.45. The summed E-state index contributed by atoms with van der Waals surface area (Å²) in [5.41, 5.74) is 4.79. The number of benzene rings is 2. The largest absolute Gasteiger partial charge is 0.379 e. The Morgan fingerprint density at radius 3 is 2.15 bits per heavy atom. The zero-order chi connectivity index (χ0) is 18.2. The average Bonchev–Trinajstić information content (AvgIpc) is 2.69. The summed E-state index contributed by atoms with van der Waals surface area (Å²) in [5, 5.41) is 3.01. The number of nitrogens with zero attached hydrogens (tertiary/aromatic N) is 1. The van der Waals surface area contributed by atoms with Gasteiger partial charge in [0.15, 0.2) is 0 Å². The van der Waals surface area contributed by atoms with E-state index in [1.807, 2.05) is 12.1 Å². The molecule has 0 aliphatic carbocycles. The maximum atomic E-state index is 12.1. The summed E-state index contributed by atoms with van der Waals surface area (Å²) in [6.45, 7) is 7.31. The summed E-state index contributed by atoms with van der Waals surface area (Å²) in [4.78, 5) is 14.5. The molecule has 2 aromatic carbocycles. The van der Waals surface area contributed by atoms with Gasteiger partial charge in [-0.25, -0.2) is 0 Å². The third kappa shape index (κ3) is 5.68. The first-order chi connectivity index (χ1) is 12.7. The molecule has 0 radical (unpaired) electrons. The number of morpholine rings is 1. The van der Waals surface area contributed by atoms with Crippen LogP contribution < -0.4 is 5.32 Å². The summed E-state index contributed by atoms with van der Waals surface area (Å²) in [5.74, 6) is 0.0617. The lowest BCUT2D eigenvalue weighted by molar-refractivity contribution is -0.120. The molecule has 0 saturated carbocycles. The van der Waals surface area contributed by atoms with Crippen LogP contribution in [-0.2, 0) is 35.5 Å². The van der Waals surface area contributed by atoms with Crippen LogP contribution in [0.3, 0.4) is 0 Å². The van der Waals surface area contributed by atoms with E-state index in [-0.39, 0.29) is 5.91 Å². The number of hydrogen-bond donors (Lipinski definition) is 1. The van der Waals surface area contributed by atoms with Gasteiger partial charge in [0, 0.05) is 26.2 Å². The lowest BCUT2D eigenvalue weighted by Gasteiger charge is -2.26. The molecule has 1 aliphatic rings. The number of hydrogen-bond acceptors (Lipinski definition) is 3. The van der Waals surface area contributed by atoms with Crippen LogP contribution in [0.25, 0.3) is 0 Å². The van der Waals surface area contributed by atoms with Gasteiger partial charge in [0.25, 0.3) is 0 Å². The first kappa shape index (κ1) is 18.6. The summed E-state index contributed by atoms with van der Waals surface area (Å²) < 4.78 is 5.38. The molecule has 1 heterocycles. The van der Waals surface area contributed by atoms with Crippen LogP contribution in [0.4, 0.5) is 0 Å². The van der Waals surface area contributed by atoms with Crippen molar-refractivity contribution in [3.63, 3.8) is 0 Å². The van der Waals surface area contributed by atoms with Gasteiger partial charge in [-0.3, -0.25) is 9.69 Å². The van der Waals surface area contributed by atoms with Crippen LogP contribution in [0.2, 0.25) is 0 Å². The molecule has 1 N–H and O–H groups in total. The first-order valence-corrected chi connectivity index (χ1v) is 9.45. The van der Waals surface area contributed by atoms with E-state index in [0.717, 1.165) is 50.4 Å². The van der Waals surface area contributed by atoms with Gasteiger partial charge in [-0.1, -0.05) is 55.5 Å². The SMILES string of the molecule is CCc1ccc(CC(=O)NCc2ccc(CN3CCOCC3)cc2)cc1. The summed E-state index contributed by atoms with van der Waals surface area (Å²) >= 11 is 0. The maximum absolute atomic E-state index is 12.1. The van der Waals surface area contributed by atoms with Crippen molar-refractivity contribution in [2.45, 2.75) is 32.9 Å². The molecule has 0 unspecified atom stereocenters. The van der Waals surface area contributed by atoms with E-state index >= 15 is 0 Å². The zero-order valence-electron chi connectivity index (χ0n) is 15.5. The fraction of sp³-hybridized carbons (Fsp3) is 0.409. The van der Waals surface area contributed by atoms with Crippen molar-refractivity contribution in [3.05, 3.63) is 70.8 Å². The number of rotatable bonds is 7. The smallest absolute Gasteiger partial charge is 0.224 e. The molecular weight excluding hydrogens is 324 g/mol. The Morgan fingerprint density at radius 2 is 1.50 bits per heavy atom. The summed E-state index contributed by atoms with van der Waals surface area (Å²) in [7, 11) is 0. The van der Waals surface area contributed by atoms with Crippen molar-refractivity contribution < 1.29 is 9.53 Å². The molecule has 2 aromatic rings. The molecule has 1 amide bonds. The highest BCUT2D eigenvalue weighted by atomic mass is 16.5. The van der Waals surface area contributed by atoms with Crippen molar-refractivity contribution >= 4 is 5.91 Å². The molecule has 0 atom stereocenters. The summed E-state index contributed by atoms with van der Waals surface area (Å²) in [6, 6.07) is 16.8. The van der Waals surface area contributed by atoms with Crippen molar-refractivity contribution in [3.8, 4) is 0 Å². The number of carbonyl (C=O) groups is 1. The van der Waals surface area contributed by atoms with Crippen LogP contribution in [0.1, 0.15) is 29.2 Å². The third-order valence-corrected chi connectivity index (χ3v) is 4.82. The van der Waals surface area contributed by atoms with Gasteiger partial charge in [0.2, 0.25) is 5.91 Å². The van der Waals surface area contributed by atoms with Crippen LogP contribution in [0, 0.1) is 0 Å². The minimum Gasteiger partial charge on any atom is -0.379 e. The molecule has 4 heteroatoms. The normalized spacial score (nSPS) is 15.0. The molecule has 0 bridgehead atoms. The van der Waals surface area contributed by atoms with E-state index in [0.29, 0.717) is 13.0 Å². The van der Waals surface area contributed by atoms with Gasteiger partial charge in [0.05, 0.1) is 19.6 Å². The van der Waals surface area contributed by atoms with Crippen molar-refractivity contribution in [2.24, 2.45) is 0 Å². The number of carbonyl (C=O) groups excluding carboxylic acids is 1. The monoisotopic (exact) mass is 352 g/mol. The molecule has 4 nitrogen and oxygen atoms in total. The van der Waals surface area contributed by atoms with Crippen molar-refractivity contribution in [1.82, 2.24) is 10.2 Å². The highest BCUT2D eigenvalue weighted by Gasteiger charge is 2.10. The minimum atomic E-state index is 0.0617. The van der Waals surface area contributed by atoms with Crippen LogP contribution in [0.5, 0.6) is 0 Å². The fourth-order valence-electron chi connectivity index (χ4n) is 3.12. The average molecular weight is 352 g/mol. The Hall–Kier alpha value is -2.17. The molecule has 3 rings (SSSR count). The second kappa shape index (κ2) is 9.51. The molecule has 1 aliphatic heterocycles. The predicted molar refractivity (Wildman–Crippen MR) is 104 cm³/mol. The van der Waals surface area contributed by atoms with E-state index in [1.54, 1.807) is 0 Å². The Kier molecular flexibility index (Phi) is 6.81. The maximum Gasteiger partial charge on any atom is 0.224 e. The number of aryl methyl sites for hydroxylation is 1. The van der Waals surface area contributed by atoms with Gasteiger partial charge < -0.3 is 10.1 Å². The van der Waals surface area contributed by atoms with Gasteiger partial charge in [-0.2, -0.15) is 0 Å². The molecule has 26 heavy (non-hydrogen) atoms. The topological polar surface area (TPSA) is 41.6 Å². The third-order valence-electron chi connectivity index (χ3n) is 4.82. The Balaban J connectivity index is 1.44. The van der Waals surface area contributed by atoms with Crippen LogP contribution >= 0.6 is 0 Å². The van der Waals surface area contributed by atoms with E-state index in [2.05, 4.69) is 53.5 Å². The molecule has 1 fully saturated rings. The minimum absolute atomic E-state index is 0.0617. The van der Waals surface area contributed by atoms with Gasteiger partial charge in [0.1, 0.15) is 0 Å². The zero-order valence-corrected chi connectivity index (χ0v) is 15.5. The molecule has 0 aromatic heterocycles. The standard InChI is InChI=1S/C22H28N2O2/c1-2-18-3-5-19(6-4-18)15-22(25)23-16-20-7-9-21(10-8-20)17-24-11-13-26-14-12-24/h3-10H,2,11-17H2,1H3,(H,23,25). The second-order valence-electron chi connectivity index (χ2n) is 6.83. The van der Waals surface area contributed by atoms with Crippen molar-refractivity contribution in [1.29, 1.82) is 0 Å². The quantitative estimate of drug-likeness (QED) is 0.833. The van der Waals surface area contributed by atoms with E-state index < -0.39 is 0 Å². The number of amides is 1. The molecule has 0 spiro atoms. The van der Waals surface area contributed by atoms with E-state index in [1.165, 1.54) is 11.1 Å². The molecule has 1 saturated heterocycles. The van der Waals surface area contributed by atoms with Crippen LogP contribution in [-0.4, -0.2) is 37.1 Å². The number of nitrogens with one attached hydrogen (secondary N) is 1. The van der Waals surface area contributed by atoms with E-state index in [4.69, 9.17) is 4.74 Å². The molecule has 138 valence electrons. The highest BCUT2D eigenvalue weighted by Crippen LogP contribution is 2.10. The predicted octanol–water partition coefficient (Wildman–Crippen LogP) is 2.94. The van der Waals surface area contributed by atoms with Gasteiger partial charge >= 0.3 is 0 Å². The Bertz CT molecular complexity index is 689. The fourth-order valence-corrected chi connectivity index (χ4v) is 3.12. The lowest BCUT2D eigenvalue weighted by Crippen LogP contribution is -2.35. The second-order valence-corrected chi connectivity index (χ2v) is 6.83. The number of ether oxygens (including phenoxy) is 1. The van der Waals surface area contributed by atoms with Crippen LogP contribution in [0.15, 0.2) is 48.5 Å². The highest BCUT2D eigenvalue weighted by molar-refractivity contribution is 5.78. The van der Waals surface area contributed by atoms with Gasteiger partial charge in [-0.05, 0) is 28.7 Å². The molecular formula is C22H28N2O2. The van der Waals surface area contributed by atoms with Crippen molar-refractivity contribution in [2.75, 3.05) is 26.3 Å². The summed E-state index contributed by atoms with van der Waals surface area (Å²) in [6.07, 6.45) is 1.45.